The smallest absolute Gasteiger partial charge is 0.192 e. The van der Waals surface area contributed by atoms with Gasteiger partial charge in [-0.3, -0.25) is 0 Å². The van der Waals surface area contributed by atoms with Crippen LogP contribution in [-0.4, -0.2) is 29.8 Å². The number of rotatable bonds is 5. The molecule has 1 heterocycles. The van der Waals surface area contributed by atoms with E-state index in [0.29, 0.717) is 13.0 Å². The molecule has 0 bridgehead atoms. The van der Waals surface area contributed by atoms with Gasteiger partial charge in [0.25, 0.3) is 0 Å². The summed E-state index contributed by atoms with van der Waals surface area (Å²) in [7, 11) is -1.95. The normalized spacial score (nSPS) is 20.8. The molecule has 6 heteroatoms. The summed E-state index contributed by atoms with van der Waals surface area (Å²) >= 11 is 0. The van der Waals surface area contributed by atoms with Crippen LogP contribution in [0.25, 0.3) is 11.8 Å². The Morgan fingerprint density at radius 2 is 1.94 bits per heavy atom. The quantitative estimate of drug-likeness (QED) is 0.403. The molecule has 0 aliphatic heterocycles. The number of aliphatic hydroxyl groups is 1. The van der Waals surface area contributed by atoms with E-state index in [1.165, 1.54) is 17.7 Å². The third-order valence-electron chi connectivity index (χ3n) is 7.46. The number of aliphatic hydroxyl groups excluding tert-OH is 1. The maximum Gasteiger partial charge on any atom is 0.192 e. The van der Waals surface area contributed by atoms with Crippen molar-refractivity contribution in [3.05, 3.63) is 77.1 Å². The van der Waals surface area contributed by atoms with Crippen LogP contribution < -0.4 is 0 Å². The van der Waals surface area contributed by atoms with Crippen molar-refractivity contribution in [3.8, 4) is 5.69 Å². The van der Waals surface area contributed by atoms with Gasteiger partial charge < -0.3 is 9.53 Å². The summed E-state index contributed by atoms with van der Waals surface area (Å²) in [5.74, 6) is -0.118. The number of hydrogen-bond acceptors (Lipinski definition) is 3. The van der Waals surface area contributed by atoms with Crippen LogP contribution in [0.4, 0.5) is 4.39 Å². The Balaban J connectivity index is 1.73. The largest absolute Gasteiger partial charge is 0.508 e. The lowest BCUT2D eigenvalue weighted by Gasteiger charge is -2.45. The minimum atomic E-state index is -1.95. The molecule has 0 saturated carbocycles. The number of halogens is 1. The first kappa shape index (κ1) is 22.7. The lowest BCUT2D eigenvalue weighted by molar-refractivity contribution is 0.155. The van der Waals surface area contributed by atoms with E-state index in [9.17, 15) is 9.50 Å². The molecule has 0 spiro atoms. The summed E-state index contributed by atoms with van der Waals surface area (Å²) in [6.07, 6.45) is 8.42. The fourth-order valence-corrected chi connectivity index (χ4v) is 5.41. The topological polar surface area (TPSA) is 47.3 Å². The van der Waals surface area contributed by atoms with Crippen molar-refractivity contribution in [2.24, 2.45) is 5.41 Å². The van der Waals surface area contributed by atoms with E-state index in [1.807, 2.05) is 10.9 Å². The van der Waals surface area contributed by atoms with Crippen molar-refractivity contribution in [2.75, 3.05) is 6.61 Å². The zero-order chi connectivity index (χ0) is 23.3. The van der Waals surface area contributed by atoms with Crippen molar-refractivity contribution in [1.29, 1.82) is 0 Å². The highest BCUT2D eigenvalue weighted by Gasteiger charge is 2.45. The molecule has 32 heavy (non-hydrogen) atoms. The van der Waals surface area contributed by atoms with E-state index < -0.39 is 8.32 Å². The standard InChI is InChI=1S/C26H33FN2O2Si/c1-18(30)19-7-8-21-13-24-20(16-28-29(24)23-11-9-22(27)10-12-23)15-26(21,14-19)17-31-32(5,6)25(2,3)4/h7,9-13,16,30H,1,8,14-15,17H2,2-6H3/t26-/m0/s1. The van der Waals surface area contributed by atoms with Crippen LogP contribution >= 0.6 is 0 Å². The summed E-state index contributed by atoms with van der Waals surface area (Å²) in [6, 6.07) is 6.41. The second-order valence-corrected chi connectivity index (χ2v) is 15.5. The Bertz CT molecular complexity index is 1110. The van der Waals surface area contributed by atoms with E-state index in [0.717, 1.165) is 35.4 Å². The molecule has 4 nitrogen and oxygen atoms in total. The molecule has 0 amide bonds. The van der Waals surface area contributed by atoms with Crippen molar-refractivity contribution in [3.63, 3.8) is 0 Å². The molecule has 0 saturated heterocycles. The van der Waals surface area contributed by atoms with Gasteiger partial charge in [-0.15, -0.1) is 0 Å². The van der Waals surface area contributed by atoms with Crippen LogP contribution in [0.15, 0.2) is 60.0 Å². The molecule has 1 aromatic heterocycles. The van der Waals surface area contributed by atoms with Crippen molar-refractivity contribution in [1.82, 2.24) is 9.78 Å². The Morgan fingerprint density at radius 3 is 2.56 bits per heavy atom. The molecule has 4 rings (SSSR count). The number of aromatic nitrogens is 2. The van der Waals surface area contributed by atoms with Gasteiger partial charge in [-0.05, 0) is 78.9 Å². The number of benzene rings is 1. The van der Waals surface area contributed by atoms with Gasteiger partial charge in [-0.2, -0.15) is 5.10 Å². The summed E-state index contributed by atoms with van der Waals surface area (Å²) in [5.41, 5.74) is 4.98. The van der Waals surface area contributed by atoms with Gasteiger partial charge in [-0.1, -0.05) is 39.0 Å². The van der Waals surface area contributed by atoms with Crippen LogP contribution in [0.2, 0.25) is 18.1 Å². The predicted molar refractivity (Wildman–Crippen MR) is 130 cm³/mol. The van der Waals surface area contributed by atoms with E-state index in [-0.39, 0.29) is 22.0 Å². The predicted octanol–water partition coefficient (Wildman–Crippen LogP) is 6.75. The molecule has 1 atom stereocenters. The Kier molecular flexibility index (Phi) is 5.58. The first-order chi connectivity index (χ1) is 14.9. The maximum absolute atomic E-state index is 13.4. The van der Waals surface area contributed by atoms with Crippen molar-refractivity contribution >= 4 is 14.4 Å². The molecule has 1 N–H and O–H groups in total. The Morgan fingerprint density at radius 1 is 1.25 bits per heavy atom. The molecule has 1 aromatic carbocycles. The van der Waals surface area contributed by atoms with E-state index in [2.05, 4.69) is 57.7 Å². The zero-order valence-corrected chi connectivity index (χ0v) is 20.7. The van der Waals surface area contributed by atoms with E-state index in [4.69, 9.17) is 4.43 Å². The highest BCUT2D eigenvalue weighted by molar-refractivity contribution is 6.74. The third kappa shape index (κ3) is 4.02. The zero-order valence-electron chi connectivity index (χ0n) is 19.7. The van der Waals surface area contributed by atoms with Gasteiger partial charge in [0.05, 0.1) is 17.6 Å². The van der Waals surface area contributed by atoms with Crippen LogP contribution in [0.5, 0.6) is 0 Å². The minimum Gasteiger partial charge on any atom is -0.508 e. The van der Waals surface area contributed by atoms with Gasteiger partial charge in [0.15, 0.2) is 8.32 Å². The number of hydrogen-bond donors (Lipinski definition) is 1. The minimum absolute atomic E-state index is 0.120. The molecule has 0 radical (unpaired) electrons. The summed E-state index contributed by atoms with van der Waals surface area (Å²) in [6.45, 7) is 15.7. The molecule has 2 aliphatic carbocycles. The van der Waals surface area contributed by atoms with Gasteiger partial charge >= 0.3 is 0 Å². The Labute approximate surface area is 191 Å². The summed E-state index contributed by atoms with van der Waals surface area (Å²) < 4.78 is 22.0. The fraction of sp³-hybridized carbons (Fsp3) is 0.423. The summed E-state index contributed by atoms with van der Waals surface area (Å²) in [5, 5.41) is 14.9. The van der Waals surface area contributed by atoms with Crippen molar-refractivity contribution < 1.29 is 13.9 Å². The first-order valence-electron chi connectivity index (χ1n) is 11.2. The molecule has 2 aromatic rings. The highest BCUT2D eigenvalue weighted by atomic mass is 28.4. The SMILES string of the molecule is C=C(O)C1=CCC2=Cc3c(cnn3-c3ccc(F)cc3)C[C@]2(CO[Si](C)(C)C(C)(C)C)C1. The molecule has 170 valence electrons. The monoisotopic (exact) mass is 452 g/mol. The van der Waals surface area contributed by atoms with Crippen LogP contribution in [-0.2, 0) is 10.8 Å². The molecule has 0 fully saturated rings. The average Bonchev–Trinajstić information content (AvgIpc) is 3.12. The maximum atomic E-state index is 13.4. The summed E-state index contributed by atoms with van der Waals surface area (Å²) in [4.78, 5) is 0. The van der Waals surface area contributed by atoms with Gasteiger partial charge in [0, 0.05) is 12.0 Å². The van der Waals surface area contributed by atoms with Crippen LogP contribution in [0.1, 0.15) is 44.9 Å². The highest BCUT2D eigenvalue weighted by Crippen LogP contribution is 2.50. The van der Waals surface area contributed by atoms with E-state index in [1.54, 1.807) is 12.1 Å². The number of nitrogens with zero attached hydrogens (tertiary/aromatic N) is 2. The number of allylic oxidation sites excluding steroid dienone is 2. The second-order valence-electron chi connectivity index (χ2n) is 10.7. The molecule has 2 aliphatic rings. The number of fused-ring (bicyclic) bond motifs is 2. The second kappa shape index (κ2) is 7.85. The molecule has 0 unspecified atom stereocenters. The van der Waals surface area contributed by atoms with Crippen LogP contribution in [0.3, 0.4) is 0 Å². The first-order valence-corrected chi connectivity index (χ1v) is 14.1. The van der Waals surface area contributed by atoms with Gasteiger partial charge in [-0.25, -0.2) is 9.07 Å². The van der Waals surface area contributed by atoms with Gasteiger partial charge in [0.2, 0.25) is 0 Å². The lowest BCUT2D eigenvalue weighted by Crippen LogP contribution is -2.46. The van der Waals surface area contributed by atoms with E-state index >= 15 is 0 Å². The average molecular weight is 453 g/mol. The molecular weight excluding hydrogens is 419 g/mol. The fourth-order valence-electron chi connectivity index (χ4n) is 4.34. The van der Waals surface area contributed by atoms with Gasteiger partial charge in [0.1, 0.15) is 11.6 Å². The van der Waals surface area contributed by atoms with Crippen LogP contribution in [0, 0.1) is 11.2 Å². The van der Waals surface area contributed by atoms with Crippen molar-refractivity contribution in [2.45, 2.75) is 58.2 Å². The third-order valence-corrected chi connectivity index (χ3v) is 11.9. The lowest BCUT2D eigenvalue weighted by atomic mass is 9.65. The Hall–Kier alpha value is -2.44. The molecular formula is C26H33FN2O2Si.